The summed E-state index contributed by atoms with van der Waals surface area (Å²) in [5.74, 6) is -0.977. The van der Waals surface area contributed by atoms with Crippen molar-refractivity contribution in [2.24, 2.45) is 5.41 Å². The number of carboxylic acid groups (broad SMARTS) is 1. The van der Waals surface area contributed by atoms with Gasteiger partial charge in [0.2, 0.25) is 0 Å². The van der Waals surface area contributed by atoms with Gasteiger partial charge < -0.3 is 10.0 Å². The smallest absolute Gasteiger partial charge is 0.311 e. The number of aliphatic carboxylic acids is 1. The van der Waals surface area contributed by atoms with Crippen LogP contribution in [0.4, 0.5) is 0 Å². The molecule has 1 amide bonds. The number of carbonyl (C=O) groups excluding carboxylic acids is 1. The second-order valence-electron chi connectivity index (χ2n) is 5.39. The Bertz CT molecular complexity index is 578. The monoisotopic (exact) mass is 373 g/mol. The second-order valence-corrected chi connectivity index (χ2v) is 6.68. The highest BCUT2D eigenvalue weighted by molar-refractivity contribution is 9.10. The third kappa shape index (κ3) is 3.24. The molecular formula is C15H17BrClNO3. The topological polar surface area (TPSA) is 57.6 Å². The van der Waals surface area contributed by atoms with E-state index in [9.17, 15) is 14.7 Å². The van der Waals surface area contributed by atoms with Crippen LogP contribution in [0.15, 0.2) is 22.7 Å². The van der Waals surface area contributed by atoms with E-state index in [1.54, 1.807) is 23.1 Å². The average Bonchev–Trinajstić information content (AvgIpc) is 2.46. The van der Waals surface area contributed by atoms with Gasteiger partial charge in [0.15, 0.2) is 0 Å². The number of nitrogens with zero attached hydrogens (tertiary/aromatic N) is 1. The van der Waals surface area contributed by atoms with Crippen LogP contribution in [0.3, 0.4) is 0 Å². The number of piperidine rings is 1. The number of carbonyl (C=O) groups is 2. The van der Waals surface area contributed by atoms with Gasteiger partial charge in [0.1, 0.15) is 0 Å². The molecular weight excluding hydrogens is 358 g/mol. The van der Waals surface area contributed by atoms with Crippen molar-refractivity contribution in [3.8, 4) is 0 Å². The van der Waals surface area contributed by atoms with E-state index in [-0.39, 0.29) is 12.5 Å². The number of rotatable bonds is 3. The maximum absolute atomic E-state index is 12.6. The summed E-state index contributed by atoms with van der Waals surface area (Å²) in [4.78, 5) is 25.8. The van der Waals surface area contributed by atoms with Crippen LogP contribution < -0.4 is 0 Å². The normalized spacial score (nSPS) is 22.1. The largest absolute Gasteiger partial charge is 0.481 e. The minimum atomic E-state index is -0.827. The lowest BCUT2D eigenvalue weighted by Crippen LogP contribution is -2.49. The highest BCUT2D eigenvalue weighted by Gasteiger charge is 2.42. The molecule has 6 heteroatoms. The van der Waals surface area contributed by atoms with Gasteiger partial charge in [0, 0.05) is 22.6 Å². The van der Waals surface area contributed by atoms with Gasteiger partial charge in [0.25, 0.3) is 5.91 Å². The molecule has 1 aromatic carbocycles. The Labute approximate surface area is 137 Å². The molecule has 2 rings (SSSR count). The third-order valence-electron chi connectivity index (χ3n) is 4.16. The first kappa shape index (κ1) is 16.3. The van der Waals surface area contributed by atoms with Crippen molar-refractivity contribution in [2.75, 3.05) is 13.1 Å². The van der Waals surface area contributed by atoms with E-state index in [2.05, 4.69) is 15.9 Å². The molecule has 1 aromatic rings. The summed E-state index contributed by atoms with van der Waals surface area (Å²) in [6.45, 7) is 2.70. The summed E-state index contributed by atoms with van der Waals surface area (Å²) in [6.07, 6.45) is 1.84. The van der Waals surface area contributed by atoms with Gasteiger partial charge in [0.05, 0.1) is 11.0 Å². The lowest BCUT2D eigenvalue weighted by Gasteiger charge is -2.39. The van der Waals surface area contributed by atoms with Gasteiger partial charge >= 0.3 is 5.97 Å². The second kappa shape index (κ2) is 6.36. The minimum Gasteiger partial charge on any atom is -0.481 e. The number of hydrogen-bond donors (Lipinski definition) is 1. The van der Waals surface area contributed by atoms with Crippen LogP contribution in [-0.4, -0.2) is 35.0 Å². The molecule has 1 fully saturated rings. The van der Waals surface area contributed by atoms with Gasteiger partial charge in [-0.25, -0.2) is 0 Å². The van der Waals surface area contributed by atoms with Crippen LogP contribution in [0.2, 0.25) is 5.02 Å². The van der Waals surface area contributed by atoms with Crippen LogP contribution in [-0.2, 0) is 4.79 Å². The Morgan fingerprint density at radius 3 is 2.76 bits per heavy atom. The minimum absolute atomic E-state index is 0.155. The molecule has 0 aliphatic carbocycles. The van der Waals surface area contributed by atoms with E-state index in [1.807, 2.05) is 6.92 Å². The summed E-state index contributed by atoms with van der Waals surface area (Å²) < 4.78 is 0.628. The fourth-order valence-corrected chi connectivity index (χ4v) is 3.61. The van der Waals surface area contributed by atoms with Crippen LogP contribution in [0, 0.1) is 5.41 Å². The number of hydrogen-bond acceptors (Lipinski definition) is 2. The fourth-order valence-electron chi connectivity index (χ4n) is 2.75. The molecule has 1 heterocycles. The van der Waals surface area contributed by atoms with Crippen LogP contribution in [0.1, 0.15) is 36.5 Å². The molecule has 1 saturated heterocycles. The van der Waals surface area contributed by atoms with Gasteiger partial charge in [-0.1, -0.05) is 18.5 Å². The first-order valence-corrected chi connectivity index (χ1v) is 8.04. The molecule has 4 nitrogen and oxygen atoms in total. The lowest BCUT2D eigenvalue weighted by atomic mass is 9.77. The molecule has 1 aliphatic rings. The lowest BCUT2D eigenvalue weighted by molar-refractivity contribution is -0.152. The maximum Gasteiger partial charge on any atom is 0.311 e. The van der Waals surface area contributed by atoms with Crippen molar-refractivity contribution >= 4 is 39.4 Å². The van der Waals surface area contributed by atoms with E-state index in [0.717, 1.165) is 0 Å². The van der Waals surface area contributed by atoms with Crippen LogP contribution in [0.25, 0.3) is 0 Å². The summed E-state index contributed by atoms with van der Waals surface area (Å²) in [5, 5.41) is 10.0. The third-order valence-corrected chi connectivity index (χ3v) is 5.05. The van der Waals surface area contributed by atoms with Gasteiger partial charge in [-0.15, -0.1) is 0 Å². The van der Waals surface area contributed by atoms with Crippen molar-refractivity contribution in [1.82, 2.24) is 4.90 Å². The molecule has 0 radical (unpaired) electrons. The van der Waals surface area contributed by atoms with E-state index >= 15 is 0 Å². The summed E-state index contributed by atoms with van der Waals surface area (Å²) in [7, 11) is 0. The number of halogens is 2. The van der Waals surface area contributed by atoms with Crippen molar-refractivity contribution in [3.05, 3.63) is 33.3 Å². The molecule has 0 bridgehead atoms. The van der Waals surface area contributed by atoms with Crippen molar-refractivity contribution < 1.29 is 14.7 Å². The van der Waals surface area contributed by atoms with Gasteiger partial charge in [-0.05, 0) is 53.4 Å². The fraction of sp³-hybridized carbons (Fsp3) is 0.467. The predicted octanol–water partition coefficient (Wildman–Crippen LogP) is 3.82. The quantitative estimate of drug-likeness (QED) is 0.875. The molecule has 0 spiro atoms. The molecule has 21 heavy (non-hydrogen) atoms. The Hall–Kier alpha value is -1.07. The molecule has 1 aliphatic heterocycles. The molecule has 1 unspecified atom stereocenters. The van der Waals surface area contributed by atoms with E-state index in [1.165, 1.54) is 0 Å². The molecule has 114 valence electrons. The Morgan fingerprint density at radius 1 is 1.48 bits per heavy atom. The Morgan fingerprint density at radius 2 is 2.19 bits per heavy atom. The molecule has 0 saturated carbocycles. The van der Waals surface area contributed by atoms with Crippen LogP contribution >= 0.6 is 27.5 Å². The average molecular weight is 375 g/mol. The summed E-state index contributed by atoms with van der Waals surface area (Å²) in [6, 6.07) is 4.99. The first-order chi connectivity index (χ1) is 9.89. The van der Waals surface area contributed by atoms with E-state index < -0.39 is 11.4 Å². The Kier molecular flexibility index (Phi) is 4.94. The molecule has 0 aromatic heterocycles. The summed E-state index contributed by atoms with van der Waals surface area (Å²) in [5.41, 5.74) is -0.316. The van der Waals surface area contributed by atoms with Crippen molar-refractivity contribution in [1.29, 1.82) is 0 Å². The SMILES string of the molecule is CCC1(C(=O)O)CCCN(C(=O)c2ccc(Cl)cc2Br)C1. The standard InChI is InChI=1S/C15H17BrClNO3/c1-2-15(14(20)21)6-3-7-18(9-15)13(19)11-5-4-10(17)8-12(11)16/h4-5,8H,2-3,6-7,9H2,1H3,(H,20,21). The van der Waals surface area contributed by atoms with E-state index in [0.29, 0.717) is 40.9 Å². The molecule has 1 atom stereocenters. The van der Waals surface area contributed by atoms with E-state index in [4.69, 9.17) is 11.6 Å². The Balaban J connectivity index is 2.25. The first-order valence-electron chi connectivity index (χ1n) is 6.87. The van der Waals surface area contributed by atoms with Gasteiger partial charge in [-0.3, -0.25) is 9.59 Å². The van der Waals surface area contributed by atoms with Gasteiger partial charge in [-0.2, -0.15) is 0 Å². The van der Waals surface area contributed by atoms with Crippen molar-refractivity contribution in [2.45, 2.75) is 26.2 Å². The number of carboxylic acids is 1. The summed E-state index contributed by atoms with van der Waals surface area (Å²) >= 11 is 9.22. The highest BCUT2D eigenvalue weighted by atomic mass is 79.9. The van der Waals surface area contributed by atoms with Crippen molar-refractivity contribution in [3.63, 3.8) is 0 Å². The maximum atomic E-state index is 12.6. The zero-order valence-corrected chi connectivity index (χ0v) is 14.1. The highest BCUT2D eigenvalue weighted by Crippen LogP contribution is 2.35. The van der Waals surface area contributed by atoms with Crippen LogP contribution in [0.5, 0.6) is 0 Å². The predicted molar refractivity (Wildman–Crippen MR) is 84.6 cm³/mol. The zero-order valence-electron chi connectivity index (χ0n) is 11.7. The number of amides is 1. The molecule has 1 N–H and O–H groups in total. The number of benzene rings is 1. The zero-order chi connectivity index (χ0) is 15.6. The number of likely N-dealkylation sites (tertiary alicyclic amines) is 1.